The fourth-order valence-electron chi connectivity index (χ4n) is 2.52. The van der Waals surface area contributed by atoms with Crippen LogP contribution in [0.4, 0.5) is 4.79 Å². The molecule has 6 nitrogen and oxygen atoms in total. The number of aromatic nitrogens is 3. The first-order chi connectivity index (χ1) is 11.6. The molecule has 4 rings (SSSR count). The van der Waals surface area contributed by atoms with Gasteiger partial charge in [0, 0.05) is 22.8 Å². The number of hydrogen-bond donors (Lipinski definition) is 1. The average Bonchev–Trinajstić information content (AvgIpc) is 3.10. The molecule has 24 heavy (non-hydrogen) atoms. The molecule has 0 spiro atoms. The molecule has 1 aromatic carbocycles. The smallest absolute Gasteiger partial charge is 0.342 e. The molecule has 1 aliphatic carbocycles. The molecule has 0 atom stereocenters. The van der Waals surface area contributed by atoms with E-state index in [1.807, 2.05) is 19.1 Å². The van der Waals surface area contributed by atoms with Crippen molar-refractivity contribution in [3.05, 3.63) is 47.3 Å². The Balaban J connectivity index is 1.69. The van der Waals surface area contributed by atoms with Crippen molar-refractivity contribution in [1.82, 2.24) is 20.3 Å². The molecule has 1 N–H and O–H groups in total. The molecule has 0 bridgehead atoms. The number of halogens is 1. The molecule has 0 unspecified atom stereocenters. The fourth-order valence-corrected chi connectivity index (χ4v) is 2.64. The quantitative estimate of drug-likeness (QED) is 0.783. The second-order valence-electron chi connectivity index (χ2n) is 5.84. The maximum Gasteiger partial charge on any atom is 0.342 e. The van der Waals surface area contributed by atoms with E-state index in [-0.39, 0.29) is 12.1 Å². The number of hydrogen-bond acceptors (Lipinski definition) is 4. The van der Waals surface area contributed by atoms with Crippen LogP contribution in [0.3, 0.4) is 0 Å². The van der Waals surface area contributed by atoms with Gasteiger partial charge in [-0.1, -0.05) is 28.9 Å². The van der Waals surface area contributed by atoms with Gasteiger partial charge in [0.25, 0.3) is 0 Å². The fraction of sp³-hybridized carbons (Fsp3) is 0.235. The molecule has 3 aromatic rings. The van der Waals surface area contributed by atoms with E-state index in [1.54, 1.807) is 24.4 Å². The number of amides is 1. The van der Waals surface area contributed by atoms with Crippen LogP contribution >= 0.6 is 11.6 Å². The van der Waals surface area contributed by atoms with Crippen LogP contribution < -0.4 is 5.32 Å². The highest BCUT2D eigenvalue weighted by atomic mass is 35.5. The minimum atomic E-state index is -0.217. The van der Waals surface area contributed by atoms with E-state index in [0.29, 0.717) is 22.2 Å². The standard InChI is InChI=1S/C17H15ClN4O2/c1-10-15(16(21-24-10)11-2-4-12(18)5-3-11)14-8-9-22(20-14)17(23)19-13-6-7-13/h2-5,8-9,13H,6-7H2,1H3,(H,19,23). The highest BCUT2D eigenvalue weighted by Gasteiger charge is 2.25. The Morgan fingerprint density at radius 1 is 1.29 bits per heavy atom. The van der Waals surface area contributed by atoms with E-state index in [2.05, 4.69) is 15.6 Å². The summed E-state index contributed by atoms with van der Waals surface area (Å²) in [4.78, 5) is 12.1. The Kier molecular flexibility index (Phi) is 3.61. The van der Waals surface area contributed by atoms with Crippen LogP contribution in [0.2, 0.25) is 5.02 Å². The SMILES string of the molecule is Cc1onc(-c2ccc(Cl)cc2)c1-c1ccn(C(=O)NC2CC2)n1. The Hall–Kier alpha value is -2.60. The van der Waals surface area contributed by atoms with Crippen molar-refractivity contribution in [3.63, 3.8) is 0 Å². The number of nitrogens with one attached hydrogen (secondary N) is 1. The summed E-state index contributed by atoms with van der Waals surface area (Å²) in [6.07, 6.45) is 3.71. The zero-order valence-electron chi connectivity index (χ0n) is 13.0. The lowest BCUT2D eigenvalue weighted by Gasteiger charge is -2.02. The van der Waals surface area contributed by atoms with Gasteiger partial charge < -0.3 is 9.84 Å². The van der Waals surface area contributed by atoms with Crippen LogP contribution in [-0.4, -0.2) is 27.0 Å². The zero-order valence-corrected chi connectivity index (χ0v) is 13.7. The summed E-state index contributed by atoms with van der Waals surface area (Å²) in [5.41, 5.74) is 2.97. The predicted molar refractivity (Wildman–Crippen MR) is 89.9 cm³/mol. The summed E-state index contributed by atoms with van der Waals surface area (Å²) in [5, 5.41) is 12.1. The van der Waals surface area contributed by atoms with Crippen molar-refractivity contribution < 1.29 is 9.32 Å². The molecule has 0 aliphatic heterocycles. The summed E-state index contributed by atoms with van der Waals surface area (Å²) in [7, 11) is 0. The molecule has 0 radical (unpaired) electrons. The van der Waals surface area contributed by atoms with Gasteiger partial charge >= 0.3 is 6.03 Å². The molecule has 1 amide bonds. The first-order valence-electron chi connectivity index (χ1n) is 7.71. The molecule has 1 aliphatic rings. The first kappa shape index (κ1) is 15.0. The van der Waals surface area contributed by atoms with Crippen LogP contribution in [0, 0.1) is 6.92 Å². The lowest BCUT2D eigenvalue weighted by Crippen LogP contribution is -2.30. The van der Waals surface area contributed by atoms with Gasteiger partial charge in [-0.3, -0.25) is 0 Å². The molecule has 2 aromatic heterocycles. The highest BCUT2D eigenvalue weighted by Crippen LogP contribution is 2.33. The van der Waals surface area contributed by atoms with Crippen LogP contribution in [0.5, 0.6) is 0 Å². The van der Waals surface area contributed by atoms with E-state index in [0.717, 1.165) is 24.0 Å². The molecule has 1 saturated carbocycles. The van der Waals surface area contributed by atoms with Crippen molar-refractivity contribution in [1.29, 1.82) is 0 Å². The van der Waals surface area contributed by atoms with E-state index < -0.39 is 0 Å². The molecular formula is C17H15ClN4O2. The van der Waals surface area contributed by atoms with Crippen LogP contribution in [0.1, 0.15) is 18.6 Å². The molecule has 2 heterocycles. The van der Waals surface area contributed by atoms with Gasteiger partial charge in [-0.15, -0.1) is 0 Å². The number of carbonyl (C=O) groups is 1. The van der Waals surface area contributed by atoms with Gasteiger partial charge in [-0.2, -0.15) is 9.78 Å². The van der Waals surface area contributed by atoms with Gasteiger partial charge in [-0.25, -0.2) is 4.79 Å². The predicted octanol–water partition coefficient (Wildman–Crippen LogP) is 3.89. The summed E-state index contributed by atoms with van der Waals surface area (Å²) in [6, 6.07) is 9.20. The number of benzene rings is 1. The van der Waals surface area contributed by atoms with Crippen molar-refractivity contribution in [2.45, 2.75) is 25.8 Å². The van der Waals surface area contributed by atoms with Gasteiger partial charge in [0.05, 0.1) is 11.3 Å². The maximum absolute atomic E-state index is 12.1. The molecular weight excluding hydrogens is 328 g/mol. The second-order valence-corrected chi connectivity index (χ2v) is 6.28. The second kappa shape index (κ2) is 5.79. The Morgan fingerprint density at radius 3 is 2.75 bits per heavy atom. The van der Waals surface area contributed by atoms with Crippen LogP contribution in [0.15, 0.2) is 41.1 Å². The molecule has 122 valence electrons. The van der Waals surface area contributed by atoms with Gasteiger partial charge in [0.15, 0.2) is 0 Å². The van der Waals surface area contributed by atoms with E-state index in [4.69, 9.17) is 16.1 Å². The van der Waals surface area contributed by atoms with Crippen molar-refractivity contribution >= 4 is 17.6 Å². The number of nitrogens with zero attached hydrogens (tertiary/aromatic N) is 3. The third kappa shape index (κ3) is 2.80. The van der Waals surface area contributed by atoms with Crippen LogP contribution in [0.25, 0.3) is 22.5 Å². The minimum Gasteiger partial charge on any atom is -0.360 e. The average molecular weight is 343 g/mol. The van der Waals surface area contributed by atoms with Crippen molar-refractivity contribution in [2.24, 2.45) is 0 Å². The monoisotopic (exact) mass is 342 g/mol. The highest BCUT2D eigenvalue weighted by molar-refractivity contribution is 6.30. The molecule has 0 saturated heterocycles. The van der Waals surface area contributed by atoms with E-state index in [9.17, 15) is 4.79 Å². The van der Waals surface area contributed by atoms with Crippen molar-refractivity contribution in [3.8, 4) is 22.5 Å². The summed E-state index contributed by atoms with van der Waals surface area (Å²) in [6.45, 7) is 1.82. The lowest BCUT2D eigenvalue weighted by atomic mass is 10.0. The summed E-state index contributed by atoms with van der Waals surface area (Å²) >= 11 is 5.94. The van der Waals surface area contributed by atoms with E-state index in [1.165, 1.54) is 4.68 Å². The zero-order chi connectivity index (χ0) is 16.7. The number of aryl methyl sites for hydroxylation is 1. The lowest BCUT2D eigenvalue weighted by molar-refractivity contribution is 0.239. The Bertz CT molecular complexity index is 894. The Morgan fingerprint density at radius 2 is 2.04 bits per heavy atom. The number of carbonyl (C=O) groups excluding carboxylic acids is 1. The van der Waals surface area contributed by atoms with Crippen molar-refractivity contribution in [2.75, 3.05) is 0 Å². The Labute approximate surface area is 143 Å². The minimum absolute atomic E-state index is 0.217. The summed E-state index contributed by atoms with van der Waals surface area (Å²) in [5.74, 6) is 0.646. The largest absolute Gasteiger partial charge is 0.360 e. The van der Waals surface area contributed by atoms with E-state index >= 15 is 0 Å². The molecule has 7 heteroatoms. The van der Waals surface area contributed by atoms with Gasteiger partial charge in [0.2, 0.25) is 0 Å². The first-order valence-corrected chi connectivity index (χ1v) is 8.09. The third-order valence-corrected chi connectivity index (χ3v) is 4.19. The number of rotatable bonds is 3. The molecule has 1 fully saturated rings. The summed E-state index contributed by atoms with van der Waals surface area (Å²) < 4.78 is 6.66. The topological polar surface area (TPSA) is 73.0 Å². The third-order valence-electron chi connectivity index (χ3n) is 3.94. The van der Waals surface area contributed by atoms with Gasteiger partial charge in [-0.05, 0) is 38.0 Å². The van der Waals surface area contributed by atoms with Crippen LogP contribution in [-0.2, 0) is 0 Å². The normalized spacial score (nSPS) is 13.9. The maximum atomic E-state index is 12.1. The van der Waals surface area contributed by atoms with Gasteiger partial charge in [0.1, 0.15) is 11.5 Å².